The molecular formula is C20H17NS2. The highest BCUT2D eigenvalue weighted by Crippen LogP contribution is 2.56. The summed E-state index contributed by atoms with van der Waals surface area (Å²) in [5, 5.41) is 0. The molecule has 0 radical (unpaired) electrons. The fraction of sp³-hybridized carbons (Fsp3) is 0.100. The van der Waals surface area contributed by atoms with Gasteiger partial charge >= 0.3 is 0 Å². The van der Waals surface area contributed by atoms with E-state index < -0.39 is 0 Å². The second-order valence-corrected chi connectivity index (χ2v) is 8.09. The van der Waals surface area contributed by atoms with Crippen molar-refractivity contribution in [3.8, 4) is 0 Å². The van der Waals surface area contributed by atoms with E-state index in [2.05, 4.69) is 84.7 Å². The summed E-state index contributed by atoms with van der Waals surface area (Å²) in [5.41, 5.74) is 3.80. The molecular weight excluding hydrogens is 318 g/mol. The van der Waals surface area contributed by atoms with E-state index in [-0.39, 0.29) is 0 Å². The first-order valence-electron chi connectivity index (χ1n) is 7.62. The van der Waals surface area contributed by atoms with E-state index in [0.29, 0.717) is 4.58 Å². The Kier molecular flexibility index (Phi) is 4.06. The SMILES string of the molecule is CN(c1ccccc1)c1ccc(C2Sc3ccccc3S2)cc1. The Morgan fingerprint density at radius 3 is 1.78 bits per heavy atom. The summed E-state index contributed by atoms with van der Waals surface area (Å²) in [5.74, 6) is 0. The first-order valence-corrected chi connectivity index (χ1v) is 9.38. The molecule has 0 spiro atoms. The first-order chi connectivity index (χ1) is 11.3. The van der Waals surface area contributed by atoms with Crippen molar-refractivity contribution in [1.82, 2.24) is 0 Å². The smallest absolute Gasteiger partial charge is 0.0846 e. The third kappa shape index (κ3) is 2.99. The number of hydrogen-bond donors (Lipinski definition) is 0. The second kappa shape index (κ2) is 6.34. The van der Waals surface area contributed by atoms with Crippen molar-refractivity contribution in [2.75, 3.05) is 11.9 Å². The van der Waals surface area contributed by atoms with E-state index in [0.717, 1.165) is 0 Å². The van der Waals surface area contributed by atoms with Gasteiger partial charge in [-0.2, -0.15) is 0 Å². The fourth-order valence-corrected chi connectivity index (χ4v) is 5.52. The molecule has 1 aliphatic heterocycles. The van der Waals surface area contributed by atoms with Gasteiger partial charge in [0.1, 0.15) is 0 Å². The molecule has 0 atom stereocenters. The van der Waals surface area contributed by atoms with E-state index >= 15 is 0 Å². The summed E-state index contributed by atoms with van der Waals surface area (Å²) in [6.07, 6.45) is 0. The lowest BCUT2D eigenvalue weighted by atomic mass is 10.2. The topological polar surface area (TPSA) is 3.24 Å². The highest BCUT2D eigenvalue weighted by Gasteiger charge is 2.24. The lowest BCUT2D eigenvalue weighted by Crippen LogP contribution is -2.08. The molecule has 0 bridgehead atoms. The van der Waals surface area contributed by atoms with Crippen LogP contribution in [0.5, 0.6) is 0 Å². The van der Waals surface area contributed by atoms with E-state index in [1.807, 2.05) is 29.6 Å². The van der Waals surface area contributed by atoms with Crippen molar-refractivity contribution in [1.29, 1.82) is 0 Å². The Morgan fingerprint density at radius 2 is 1.17 bits per heavy atom. The van der Waals surface area contributed by atoms with Gasteiger partial charge in [-0.25, -0.2) is 0 Å². The maximum absolute atomic E-state index is 2.26. The highest BCUT2D eigenvalue weighted by atomic mass is 32.2. The van der Waals surface area contributed by atoms with Crippen molar-refractivity contribution in [2.24, 2.45) is 0 Å². The predicted octanol–water partition coefficient (Wildman–Crippen LogP) is 6.35. The molecule has 1 nitrogen and oxygen atoms in total. The van der Waals surface area contributed by atoms with Gasteiger partial charge in [0.2, 0.25) is 0 Å². The van der Waals surface area contributed by atoms with Crippen LogP contribution < -0.4 is 4.90 Å². The molecule has 0 aromatic heterocycles. The summed E-state index contributed by atoms with van der Waals surface area (Å²) < 4.78 is 0.462. The van der Waals surface area contributed by atoms with Crippen LogP contribution in [0.25, 0.3) is 0 Å². The van der Waals surface area contributed by atoms with Crippen LogP contribution in [0.4, 0.5) is 11.4 Å². The van der Waals surface area contributed by atoms with Gasteiger partial charge in [-0.05, 0) is 42.0 Å². The molecule has 114 valence electrons. The molecule has 0 fully saturated rings. The van der Waals surface area contributed by atoms with Gasteiger partial charge in [-0.3, -0.25) is 0 Å². The number of benzene rings is 3. The van der Waals surface area contributed by atoms with Crippen LogP contribution in [0.3, 0.4) is 0 Å². The summed E-state index contributed by atoms with van der Waals surface area (Å²) >= 11 is 3.90. The zero-order chi connectivity index (χ0) is 15.6. The van der Waals surface area contributed by atoms with Crippen molar-refractivity contribution in [2.45, 2.75) is 14.4 Å². The molecule has 0 unspecified atom stereocenters. The van der Waals surface area contributed by atoms with Gasteiger partial charge in [-0.1, -0.05) is 42.5 Å². The van der Waals surface area contributed by atoms with Gasteiger partial charge in [-0.15, -0.1) is 23.5 Å². The minimum Gasteiger partial charge on any atom is -0.345 e. The van der Waals surface area contributed by atoms with Crippen molar-refractivity contribution >= 4 is 34.9 Å². The van der Waals surface area contributed by atoms with E-state index in [9.17, 15) is 0 Å². The molecule has 4 rings (SSSR count). The van der Waals surface area contributed by atoms with Crippen LogP contribution in [-0.2, 0) is 0 Å². The average Bonchev–Trinajstić information content (AvgIpc) is 3.06. The fourth-order valence-electron chi connectivity index (χ4n) is 2.69. The Morgan fingerprint density at radius 1 is 0.652 bits per heavy atom. The number of nitrogens with zero attached hydrogens (tertiary/aromatic N) is 1. The van der Waals surface area contributed by atoms with Crippen LogP contribution in [0.2, 0.25) is 0 Å². The third-order valence-corrected chi connectivity index (χ3v) is 6.91. The number of anilines is 2. The van der Waals surface area contributed by atoms with Gasteiger partial charge in [0.05, 0.1) is 4.58 Å². The summed E-state index contributed by atoms with van der Waals surface area (Å²) in [4.78, 5) is 5.01. The Labute approximate surface area is 145 Å². The molecule has 3 heteroatoms. The quantitative estimate of drug-likeness (QED) is 0.549. The standard InChI is InChI=1S/C20H17NS2/c1-21(16-7-3-2-4-8-16)17-13-11-15(12-14-17)20-22-18-9-5-6-10-19(18)23-20/h2-14,20H,1H3. The van der Waals surface area contributed by atoms with Gasteiger partial charge in [0, 0.05) is 28.2 Å². The average molecular weight is 335 g/mol. The van der Waals surface area contributed by atoms with E-state index in [4.69, 9.17) is 0 Å². The largest absolute Gasteiger partial charge is 0.345 e. The minimum atomic E-state index is 0.462. The Bertz CT molecular complexity index is 774. The molecule has 0 saturated heterocycles. The molecule has 0 N–H and O–H groups in total. The molecule has 0 aliphatic carbocycles. The number of rotatable bonds is 3. The lowest BCUT2D eigenvalue weighted by Gasteiger charge is -2.20. The molecule has 23 heavy (non-hydrogen) atoms. The zero-order valence-electron chi connectivity index (χ0n) is 12.8. The molecule has 1 heterocycles. The maximum Gasteiger partial charge on any atom is 0.0846 e. The van der Waals surface area contributed by atoms with Crippen LogP contribution in [0, 0.1) is 0 Å². The van der Waals surface area contributed by atoms with Crippen LogP contribution in [0.1, 0.15) is 10.1 Å². The maximum atomic E-state index is 2.26. The molecule has 3 aromatic carbocycles. The summed E-state index contributed by atoms with van der Waals surface area (Å²) in [7, 11) is 2.11. The minimum absolute atomic E-state index is 0.462. The predicted molar refractivity (Wildman–Crippen MR) is 102 cm³/mol. The molecule has 1 aliphatic rings. The second-order valence-electron chi connectivity index (χ2n) is 5.50. The van der Waals surface area contributed by atoms with Gasteiger partial charge < -0.3 is 4.90 Å². The number of para-hydroxylation sites is 1. The van der Waals surface area contributed by atoms with Gasteiger partial charge in [0.15, 0.2) is 0 Å². The van der Waals surface area contributed by atoms with Crippen molar-refractivity contribution in [3.63, 3.8) is 0 Å². The summed E-state index contributed by atoms with van der Waals surface area (Å²) in [6, 6.07) is 28.1. The zero-order valence-corrected chi connectivity index (χ0v) is 14.5. The molecule has 0 amide bonds. The third-order valence-electron chi connectivity index (χ3n) is 4.01. The highest BCUT2D eigenvalue weighted by molar-refractivity contribution is 8.18. The van der Waals surface area contributed by atoms with Gasteiger partial charge in [0.25, 0.3) is 0 Å². The number of fused-ring (bicyclic) bond motifs is 1. The monoisotopic (exact) mass is 335 g/mol. The number of hydrogen-bond acceptors (Lipinski definition) is 3. The molecule has 0 saturated carbocycles. The van der Waals surface area contributed by atoms with Crippen molar-refractivity contribution in [3.05, 3.63) is 84.4 Å². The van der Waals surface area contributed by atoms with Crippen molar-refractivity contribution < 1.29 is 0 Å². The van der Waals surface area contributed by atoms with E-state index in [1.54, 1.807) is 0 Å². The number of thioether (sulfide) groups is 2. The van der Waals surface area contributed by atoms with Crippen LogP contribution in [-0.4, -0.2) is 7.05 Å². The Hall–Kier alpha value is -1.84. The lowest BCUT2D eigenvalue weighted by molar-refractivity contribution is 1.20. The van der Waals surface area contributed by atoms with Crippen LogP contribution >= 0.6 is 23.5 Å². The normalized spacial score (nSPS) is 13.8. The first kappa shape index (κ1) is 14.7. The molecule has 3 aromatic rings. The Balaban J connectivity index is 1.53. The van der Waals surface area contributed by atoms with E-state index in [1.165, 1.54) is 26.7 Å². The summed E-state index contributed by atoms with van der Waals surface area (Å²) in [6.45, 7) is 0. The van der Waals surface area contributed by atoms with Crippen LogP contribution in [0.15, 0.2) is 88.7 Å².